The molecule has 1 aromatic rings. The minimum absolute atomic E-state index is 0.404. The Bertz CT molecular complexity index is 276. The van der Waals surface area contributed by atoms with Crippen molar-refractivity contribution in [1.82, 2.24) is 5.32 Å². The molecular formula is C11H17NO. The molecule has 0 spiro atoms. The van der Waals surface area contributed by atoms with E-state index in [-0.39, 0.29) is 0 Å². The molecule has 0 amide bonds. The summed E-state index contributed by atoms with van der Waals surface area (Å²) in [5.41, 5.74) is 0.404. The molecule has 2 heteroatoms. The van der Waals surface area contributed by atoms with E-state index in [9.17, 15) is 0 Å². The number of furan rings is 1. The van der Waals surface area contributed by atoms with Crippen LogP contribution in [0, 0.1) is 11.3 Å². The first-order chi connectivity index (χ1) is 6.18. The molecule has 0 saturated heterocycles. The minimum Gasteiger partial charge on any atom is -0.469 e. The van der Waals surface area contributed by atoms with Gasteiger partial charge in [-0.1, -0.05) is 13.8 Å². The largest absolute Gasteiger partial charge is 0.469 e. The lowest BCUT2D eigenvalue weighted by atomic mass is 10.1. The standard InChI is InChI=1S/C11H17NO/c1-11(2)8(7-12-3)10(11)9-5-4-6-13-9/h4-6,8,10,12H,7H2,1-3H3. The summed E-state index contributed by atoms with van der Waals surface area (Å²) in [5, 5.41) is 3.24. The predicted molar refractivity (Wildman–Crippen MR) is 52.6 cm³/mol. The van der Waals surface area contributed by atoms with Gasteiger partial charge < -0.3 is 9.73 Å². The molecule has 0 bridgehead atoms. The molecule has 2 nitrogen and oxygen atoms in total. The van der Waals surface area contributed by atoms with Gasteiger partial charge >= 0.3 is 0 Å². The normalized spacial score (nSPS) is 30.4. The summed E-state index contributed by atoms with van der Waals surface area (Å²) in [4.78, 5) is 0. The summed E-state index contributed by atoms with van der Waals surface area (Å²) >= 11 is 0. The lowest BCUT2D eigenvalue weighted by molar-refractivity contribution is 0.481. The highest BCUT2D eigenvalue weighted by molar-refractivity contribution is 5.24. The van der Waals surface area contributed by atoms with Crippen LogP contribution in [0.25, 0.3) is 0 Å². The lowest BCUT2D eigenvalue weighted by Crippen LogP contribution is -2.12. The molecule has 2 rings (SSSR count). The summed E-state index contributed by atoms with van der Waals surface area (Å²) < 4.78 is 5.44. The topological polar surface area (TPSA) is 25.2 Å². The van der Waals surface area contributed by atoms with Crippen LogP contribution in [0.3, 0.4) is 0 Å². The maximum Gasteiger partial charge on any atom is 0.107 e. The average Bonchev–Trinajstić information content (AvgIpc) is 2.56. The van der Waals surface area contributed by atoms with Gasteiger partial charge in [-0.25, -0.2) is 0 Å². The maximum atomic E-state index is 5.44. The molecule has 2 atom stereocenters. The zero-order valence-corrected chi connectivity index (χ0v) is 8.50. The molecule has 1 saturated carbocycles. The Balaban J connectivity index is 2.11. The smallest absolute Gasteiger partial charge is 0.107 e. The maximum absolute atomic E-state index is 5.44. The first-order valence-electron chi connectivity index (χ1n) is 4.86. The number of hydrogen-bond donors (Lipinski definition) is 1. The SMILES string of the molecule is CNCC1C(c2ccco2)C1(C)C. The number of nitrogens with one attached hydrogen (secondary N) is 1. The van der Waals surface area contributed by atoms with E-state index < -0.39 is 0 Å². The predicted octanol–water partition coefficient (Wildman–Crippen LogP) is 2.24. The van der Waals surface area contributed by atoms with Crippen LogP contribution >= 0.6 is 0 Å². The zero-order valence-electron chi connectivity index (χ0n) is 8.50. The molecule has 2 unspecified atom stereocenters. The summed E-state index contributed by atoms with van der Waals surface area (Å²) in [7, 11) is 2.01. The van der Waals surface area contributed by atoms with E-state index in [1.54, 1.807) is 6.26 Å². The van der Waals surface area contributed by atoms with E-state index >= 15 is 0 Å². The Morgan fingerprint density at radius 2 is 2.31 bits per heavy atom. The first kappa shape index (κ1) is 8.82. The molecule has 0 aliphatic heterocycles. The third-order valence-corrected chi connectivity index (χ3v) is 3.32. The molecular weight excluding hydrogens is 162 g/mol. The fraction of sp³-hybridized carbons (Fsp3) is 0.636. The van der Waals surface area contributed by atoms with Crippen LogP contribution in [-0.4, -0.2) is 13.6 Å². The molecule has 0 radical (unpaired) electrons. The van der Waals surface area contributed by atoms with E-state index in [1.807, 2.05) is 13.1 Å². The second-order valence-corrected chi connectivity index (χ2v) is 4.48. The zero-order chi connectivity index (χ0) is 9.47. The molecule has 0 aromatic carbocycles. The Labute approximate surface area is 79.3 Å². The second kappa shape index (κ2) is 2.88. The van der Waals surface area contributed by atoms with Crippen molar-refractivity contribution in [2.75, 3.05) is 13.6 Å². The van der Waals surface area contributed by atoms with Gasteiger partial charge in [0.25, 0.3) is 0 Å². The van der Waals surface area contributed by atoms with Crippen LogP contribution in [0.2, 0.25) is 0 Å². The summed E-state index contributed by atoms with van der Waals surface area (Å²) in [6.07, 6.45) is 1.76. The Kier molecular flexibility index (Phi) is 1.95. The van der Waals surface area contributed by atoms with Crippen LogP contribution in [0.4, 0.5) is 0 Å². The molecule has 72 valence electrons. The van der Waals surface area contributed by atoms with Crippen molar-refractivity contribution in [3.63, 3.8) is 0 Å². The van der Waals surface area contributed by atoms with Crippen molar-refractivity contribution >= 4 is 0 Å². The van der Waals surface area contributed by atoms with Gasteiger partial charge in [0.05, 0.1) is 6.26 Å². The third kappa shape index (κ3) is 1.29. The average molecular weight is 179 g/mol. The number of rotatable bonds is 3. The summed E-state index contributed by atoms with van der Waals surface area (Å²) in [5.74, 6) is 2.48. The van der Waals surface area contributed by atoms with Crippen molar-refractivity contribution in [3.05, 3.63) is 24.2 Å². The Morgan fingerprint density at radius 1 is 1.54 bits per heavy atom. The van der Waals surface area contributed by atoms with Gasteiger partial charge in [0, 0.05) is 5.92 Å². The fourth-order valence-corrected chi connectivity index (χ4v) is 2.38. The first-order valence-corrected chi connectivity index (χ1v) is 4.86. The second-order valence-electron chi connectivity index (χ2n) is 4.48. The van der Waals surface area contributed by atoms with E-state index in [0.29, 0.717) is 11.3 Å². The highest BCUT2D eigenvalue weighted by atomic mass is 16.3. The van der Waals surface area contributed by atoms with Gasteiger partial charge in [-0.05, 0) is 37.1 Å². The molecule has 1 aliphatic carbocycles. The highest BCUT2D eigenvalue weighted by Gasteiger charge is 2.59. The molecule has 1 aliphatic rings. The van der Waals surface area contributed by atoms with E-state index in [1.165, 1.54) is 0 Å². The third-order valence-electron chi connectivity index (χ3n) is 3.32. The molecule has 1 fully saturated rings. The van der Waals surface area contributed by atoms with Crippen molar-refractivity contribution in [2.24, 2.45) is 11.3 Å². The molecule has 13 heavy (non-hydrogen) atoms. The van der Waals surface area contributed by atoms with E-state index in [0.717, 1.165) is 18.2 Å². The van der Waals surface area contributed by atoms with Crippen LogP contribution in [-0.2, 0) is 0 Å². The van der Waals surface area contributed by atoms with E-state index in [4.69, 9.17) is 4.42 Å². The van der Waals surface area contributed by atoms with Crippen LogP contribution < -0.4 is 5.32 Å². The Morgan fingerprint density at radius 3 is 2.85 bits per heavy atom. The molecule has 1 aromatic heterocycles. The van der Waals surface area contributed by atoms with Crippen molar-refractivity contribution < 1.29 is 4.42 Å². The Hall–Kier alpha value is -0.760. The van der Waals surface area contributed by atoms with Crippen molar-refractivity contribution in [3.8, 4) is 0 Å². The molecule has 1 N–H and O–H groups in total. The van der Waals surface area contributed by atoms with Gasteiger partial charge in [-0.3, -0.25) is 0 Å². The minimum atomic E-state index is 0.404. The fourth-order valence-electron chi connectivity index (χ4n) is 2.38. The van der Waals surface area contributed by atoms with Crippen molar-refractivity contribution in [2.45, 2.75) is 19.8 Å². The van der Waals surface area contributed by atoms with Gasteiger partial charge in [0.15, 0.2) is 0 Å². The van der Waals surface area contributed by atoms with Gasteiger partial charge in [0.1, 0.15) is 5.76 Å². The monoisotopic (exact) mass is 179 g/mol. The summed E-state index contributed by atoms with van der Waals surface area (Å²) in [6, 6.07) is 4.06. The summed E-state index contributed by atoms with van der Waals surface area (Å²) in [6.45, 7) is 5.70. The number of hydrogen-bond acceptors (Lipinski definition) is 2. The van der Waals surface area contributed by atoms with Crippen LogP contribution in [0.15, 0.2) is 22.8 Å². The highest BCUT2D eigenvalue weighted by Crippen LogP contribution is 2.63. The van der Waals surface area contributed by atoms with Crippen LogP contribution in [0.5, 0.6) is 0 Å². The van der Waals surface area contributed by atoms with Gasteiger partial charge in [-0.2, -0.15) is 0 Å². The van der Waals surface area contributed by atoms with Crippen molar-refractivity contribution in [1.29, 1.82) is 0 Å². The van der Waals surface area contributed by atoms with Crippen LogP contribution in [0.1, 0.15) is 25.5 Å². The van der Waals surface area contributed by atoms with E-state index in [2.05, 4.69) is 25.2 Å². The quantitative estimate of drug-likeness (QED) is 0.769. The molecule has 1 heterocycles. The van der Waals surface area contributed by atoms with Gasteiger partial charge in [0.2, 0.25) is 0 Å². The lowest BCUT2D eigenvalue weighted by Gasteiger charge is -1.99. The van der Waals surface area contributed by atoms with Gasteiger partial charge in [-0.15, -0.1) is 0 Å².